The molecule has 0 aliphatic carbocycles. The van der Waals surface area contributed by atoms with Gasteiger partial charge < -0.3 is 20.6 Å². The summed E-state index contributed by atoms with van der Waals surface area (Å²) in [7, 11) is -3.61. The van der Waals surface area contributed by atoms with Crippen molar-refractivity contribution < 1.29 is 27.4 Å². The summed E-state index contributed by atoms with van der Waals surface area (Å²) >= 11 is 3.07. The average molecular weight is 508 g/mol. The van der Waals surface area contributed by atoms with E-state index in [0.717, 1.165) is 0 Å². The molecule has 0 atom stereocenters. The first-order valence-electron chi connectivity index (χ1n) is 8.74. The molecule has 0 bridgehead atoms. The summed E-state index contributed by atoms with van der Waals surface area (Å²) < 4.78 is 51.6. The van der Waals surface area contributed by atoms with E-state index < -0.39 is 16.0 Å². The number of amidine groups is 1. The third-order valence-corrected chi connectivity index (χ3v) is 6.23. The van der Waals surface area contributed by atoms with Crippen molar-refractivity contribution in [2.24, 2.45) is 5.16 Å². The fourth-order valence-corrected chi connectivity index (χ4v) is 4.09. The fourth-order valence-electron chi connectivity index (χ4n) is 2.54. The van der Waals surface area contributed by atoms with Crippen molar-refractivity contribution in [3.63, 3.8) is 0 Å². The number of hydrogen-bond acceptors (Lipinski definition) is 9. The Morgan fingerprint density at radius 1 is 1.30 bits per heavy atom. The van der Waals surface area contributed by atoms with Crippen LogP contribution in [0.3, 0.4) is 0 Å². The van der Waals surface area contributed by atoms with Gasteiger partial charge in [0.15, 0.2) is 5.69 Å². The zero-order chi connectivity index (χ0) is 21.6. The lowest BCUT2D eigenvalue weighted by molar-refractivity contribution is 0.0725. The van der Waals surface area contributed by atoms with Crippen LogP contribution in [0.5, 0.6) is 0 Å². The zero-order valence-corrected chi connectivity index (χ0v) is 17.9. The number of benzene rings is 1. The molecule has 1 aromatic carbocycles. The number of anilines is 2. The van der Waals surface area contributed by atoms with Gasteiger partial charge in [0.2, 0.25) is 11.7 Å². The Bertz CT molecular complexity index is 997. The Labute approximate surface area is 179 Å². The monoisotopic (exact) mass is 507 g/mol. The van der Waals surface area contributed by atoms with Crippen molar-refractivity contribution in [2.45, 2.75) is 0 Å². The molecule has 2 aromatic rings. The molecular formula is C15H19BrFN7O5S. The van der Waals surface area contributed by atoms with Gasteiger partial charge in [-0.25, -0.2) is 13.7 Å². The second-order valence-electron chi connectivity index (χ2n) is 6.00. The highest BCUT2D eigenvalue weighted by Gasteiger charge is 2.24. The number of halogens is 2. The van der Waals surface area contributed by atoms with Crippen molar-refractivity contribution in [3.05, 3.63) is 34.2 Å². The summed E-state index contributed by atoms with van der Waals surface area (Å²) in [6, 6.07) is 4.11. The van der Waals surface area contributed by atoms with E-state index in [1.54, 1.807) is 0 Å². The van der Waals surface area contributed by atoms with Crippen molar-refractivity contribution in [2.75, 3.05) is 50.0 Å². The number of ether oxygens (including phenoxy) is 1. The van der Waals surface area contributed by atoms with Gasteiger partial charge in [0.1, 0.15) is 5.82 Å². The van der Waals surface area contributed by atoms with Crippen LogP contribution in [0.1, 0.15) is 5.69 Å². The van der Waals surface area contributed by atoms with Gasteiger partial charge >= 0.3 is 0 Å². The lowest BCUT2D eigenvalue weighted by Gasteiger charge is -2.26. The molecule has 1 aliphatic rings. The molecule has 0 saturated carbocycles. The predicted octanol–water partition coefficient (Wildman–Crippen LogP) is 0.798. The number of hydrogen-bond donors (Lipinski definition) is 4. The second kappa shape index (κ2) is 10.1. The number of nitrogens with zero attached hydrogens (tertiary/aromatic N) is 4. The van der Waals surface area contributed by atoms with E-state index in [0.29, 0.717) is 32.0 Å². The largest absolute Gasteiger partial charge is 0.409 e. The number of morpholine rings is 1. The van der Waals surface area contributed by atoms with Crippen LogP contribution < -0.4 is 15.4 Å². The molecule has 12 nitrogen and oxygen atoms in total. The Hall–Kier alpha value is -2.33. The smallest absolute Gasteiger partial charge is 0.279 e. The van der Waals surface area contributed by atoms with Gasteiger partial charge in [-0.15, -0.1) is 0 Å². The van der Waals surface area contributed by atoms with Gasteiger partial charge in [0.25, 0.3) is 10.2 Å². The lowest BCUT2D eigenvalue weighted by atomic mass is 10.3. The summed E-state index contributed by atoms with van der Waals surface area (Å²) in [4.78, 5) is 0. The Morgan fingerprint density at radius 2 is 2.07 bits per heavy atom. The molecule has 0 spiro atoms. The Morgan fingerprint density at radius 3 is 2.77 bits per heavy atom. The molecule has 1 fully saturated rings. The van der Waals surface area contributed by atoms with Crippen molar-refractivity contribution in [1.82, 2.24) is 19.3 Å². The summed E-state index contributed by atoms with van der Waals surface area (Å²) in [5, 5.41) is 25.4. The van der Waals surface area contributed by atoms with Gasteiger partial charge in [-0.3, -0.25) is 0 Å². The summed E-state index contributed by atoms with van der Waals surface area (Å²) in [6.07, 6.45) is 0. The minimum atomic E-state index is -3.61. The highest BCUT2D eigenvalue weighted by Crippen LogP contribution is 2.21. The average Bonchev–Trinajstić information content (AvgIpc) is 3.21. The third-order valence-electron chi connectivity index (χ3n) is 4.01. The van der Waals surface area contributed by atoms with Gasteiger partial charge in [-0.2, -0.15) is 12.7 Å². The predicted molar refractivity (Wildman–Crippen MR) is 108 cm³/mol. The minimum absolute atomic E-state index is 0.0500. The molecule has 164 valence electrons. The molecule has 1 aliphatic heterocycles. The number of rotatable bonds is 8. The fraction of sp³-hybridized carbons (Fsp3) is 0.400. The first kappa shape index (κ1) is 22.4. The summed E-state index contributed by atoms with van der Waals surface area (Å²) in [5.41, 5.74) is 0.470. The molecule has 3 rings (SSSR count). The molecule has 30 heavy (non-hydrogen) atoms. The number of oxime groups is 1. The molecule has 0 unspecified atom stereocenters. The molecule has 15 heteroatoms. The normalized spacial score (nSPS) is 15.9. The van der Waals surface area contributed by atoms with Crippen molar-refractivity contribution >= 4 is 43.5 Å². The zero-order valence-electron chi connectivity index (χ0n) is 15.5. The number of nitrogens with one attached hydrogen (secondary N) is 3. The highest BCUT2D eigenvalue weighted by atomic mass is 79.9. The van der Waals surface area contributed by atoms with Gasteiger partial charge in [0.05, 0.1) is 17.7 Å². The van der Waals surface area contributed by atoms with E-state index in [4.69, 9.17) is 4.74 Å². The van der Waals surface area contributed by atoms with E-state index >= 15 is 0 Å². The van der Waals surface area contributed by atoms with E-state index in [2.05, 4.69) is 51.4 Å². The van der Waals surface area contributed by atoms with Crippen LogP contribution >= 0.6 is 15.9 Å². The lowest BCUT2D eigenvalue weighted by Crippen LogP contribution is -2.47. The highest BCUT2D eigenvalue weighted by molar-refractivity contribution is 9.10. The van der Waals surface area contributed by atoms with Crippen LogP contribution in [0.2, 0.25) is 0 Å². The van der Waals surface area contributed by atoms with E-state index in [-0.39, 0.29) is 34.9 Å². The molecular weight excluding hydrogens is 489 g/mol. The van der Waals surface area contributed by atoms with Crippen LogP contribution in [0.25, 0.3) is 0 Å². The maximum absolute atomic E-state index is 13.4. The van der Waals surface area contributed by atoms with Crippen LogP contribution in [0.4, 0.5) is 15.9 Å². The third kappa shape index (κ3) is 5.63. The van der Waals surface area contributed by atoms with Gasteiger partial charge in [-0.1, -0.05) is 5.16 Å². The van der Waals surface area contributed by atoms with E-state index in [1.165, 1.54) is 22.5 Å². The topological polar surface area (TPSA) is 154 Å². The van der Waals surface area contributed by atoms with E-state index in [1.807, 2.05) is 0 Å². The molecule has 1 saturated heterocycles. The SMILES string of the molecule is O=S(=O)(NCCNc1nonc1C(=NO)Nc1ccc(F)c(Br)c1)N1CCOCC1. The second-order valence-corrected chi connectivity index (χ2v) is 8.61. The minimum Gasteiger partial charge on any atom is -0.409 e. The maximum atomic E-state index is 13.4. The Kier molecular flexibility index (Phi) is 7.54. The molecule has 1 aromatic heterocycles. The maximum Gasteiger partial charge on any atom is 0.279 e. The van der Waals surface area contributed by atoms with Crippen LogP contribution in [-0.4, -0.2) is 73.5 Å². The van der Waals surface area contributed by atoms with Crippen LogP contribution in [0.15, 0.2) is 32.5 Å². The molecule has 0 amide bonds. The standard InChI is InChI=1S/C15H19BrFN7O5S/c16-11-9-10(1-2-12(11)17)20-15(21-25)13-14(23-29-22-13)18-3-4-19-30(26,27)24-5-7-28-8-6-24/h1-2,9,19,25H,3-8H2,(H,18,23)(H,20,21). The van der Waals surface area contributed by atoms with Crippen molar-refractivity contribution in [3.8, 4) is 0 Å². The molecule has 4 N–H and O–H groups in total. The van der Waals surface area contributed by atoms with Crippen molar-refractivity contribution in [1.29, 1.82) is 0 Å². The Balaban J connectivity index is 1.57. The van der Waals surface area contributed by atoms with Crippen LogP contribution in [-0.2, 0) is 14.9 Å². The summed E-state index contributed by atoms with van der Waals surface area (Å²) in [6.45, 7) is 1.52. The first-order valence-corrected chi connectivity index (χ1v) is 11.0. The van der Waals surface area contributed by atoms with Gasteiger partial charge in [-0.05, 0) is 44.4 Å². The quantitative estimate of drug-likeness (QED) is 0.133. The summed E-state index contributed by atoms with van der Waals surface area (Å²) in [5.74, 6) is -0.429. The molecule has 0 radical (unpaired) electrons. The van der Waals surface area contributed by atoms with Crippen LogP contribution in [0, 0.1) is 5.82 Å². The first-order chi connectivity index (χ1) is 14.4. The number of aromatic nitrogens is 2. The van der Waals surface area contributed by atoms with E-state index in [9.17, 15) is 18.0 Å². The van der Waals surface area contributed by atoms with Gasteiger partial charge in [0, 0.05) is 31.9 Å². The molecule has 2 heterocycles.